The van der Waals surface area contributed by atoms with Gasteiger partial charge < -0.3 is 25.0 Å². The molecule has 0 saturated carbocycles. The fourth-order valence-corrected chi connectivity index (χ4v) is 2.75. The largest absolute Gasteiger partial charge is 0.394 e. The number of aromatic nitrogens is 3. The maximum Gasteiger partial charge on any atom is 0.351 e. The van der Waals surface area contributed by atoms with Crippen molar-refractivity contribution in [3.8, 4) is 0 Å². The summed E-state index contributed by atoms with van der Waals surface area (Å²) in [5.74, 6) is 0. The molecule has 4 N–H and O–H groups in total. The Morgan fingerprint density at radius 2 is 2.17 bits per heavy atom. The van der Waals surface area contributed by atoms with Gasteiger partial charge in [-0.05, 0) is 19.9 Å². The minimum atomic E-state index is -1.79. The number of H-pyrrole nitrogens is 1. The van der Waals surface area contributed by atoms with Crippen LogP contribution in [0.4, 0.5) is 0 Å². The summed E-state index contributed by atoms with van der Waals surface area (Å²) in [4.78, 5) is 30.1. The number of aromatic amines is 1. The van der Waals surface area contributed by atoms with Gasteiger partial charge in [0.05, 0.1) is 6.61 Å². The Kier molecular flexibility index (Phi) is 3.60. The molecule has 23 heavy (non-hydrogen) atoms. The van der Waals surface area contributed by atoms with Crippen LogP contribution in [0.5, 0.6) is 0 Å². The lowest BCUT2D eigenvalue weighted by Crippen LogP contribution is -2.46. The summed E-state index contributed by atoms with van der Waals surface area (Å²) in [6, 6.07) is 1.56. The molecular formula is C14H17N3O6. The maximum atomic E-state index is 12.2. The van der Waals surface area contributed by atoms with Gasteiger partial charge in [0.25, 0.3) is 5.56 Å². The molecule has 1 saturated heterocycles. The number of nitrogens with one attached hydrogen (secondary N) is 1. The Morgan fingerprint density at radius 3 is 2.78 bits per heavy atom. The minimum absolute atomic E-state index is 0.124. The van der Waals surface area contributed by atoms with E-state index in [4.69, 9.17) is 4.74 Å². The Hall–Kier alpha value is -2.07. The summed E-state index contributed by atoms with van der Waals surface area (Å²) in [6.07, 6.45) is -2.21. The van der Waals surface area contributed by atoms with Gasteiger partial charge in [0.2, 0.25) is 0 Å². The van der Waals surface area contributed by atoms with Gasteiger partial charge in [-0.1, -0.05) is 0 Å². The summed E-state index contributed by atoms with van der Waals surface area (Å²) in [5.41, 5.74) is -2.32. The van der Waals surface area contributed by atoms with E-state index in [1.165, 1.54) is 13.1 Å². The van der Waals surface area contributed by atoms with E-state index < -0.39 is 36.3 Å². The molecular weight excluding hydrogens is 306 g/mol. The molecule has 1 aliphatic rings. The molecule has 0 aromatic carbocycles. The number of pyridine rings is 1. The van der Waals surface area contributed by atoms with E-state index in [0.717, 1.165) is 4.57 Å². The molecule has 2 aromatic rings. The van der Waals surface area contributed by atoms with Crippen LogP contribution in [0.3, 0.4) is 0 Å². The number of aliphatic hydroxyl groups excluding tert-OH is 2. The molecule has 124 valence electrons. The molecule has 9 heteroatoms. The minimum Gasteiger partial charge on any atom is -0.394 e. The van der Waals surface area contributed by atoms with Crippen LogP contribution in [0.25, 0.3) is 11.0 Å². The predicted molar refractivity (Wildman–Crippen MR) is 79.0 cm³/mol. The van der Waals surface area contributed by atoms with Gasteiger partial charge in [-0.15, -0.1) is 0 Å². The maximum absolute atomic E-state index is 12.2. The molecule has 1 aliphatic heterocycles. The number of aliphatic hydroxyl groups is 3. The molecule has 0 aliphatic carbocycles. The molecule has 1 unspecified atom stereocenters. The molecule has 3 heterocycles. The smallest absolute Gasteiger partial charge is 0.351 e. The third-order valence-corrected chi connectivity index (χ3v) is 4.13. The summed E-state index contributed by atoms with van der Waals surface area (Å²) in [7, 11) is 0. The lowest BCUT2D eigenvalue weighted by molar-refractivity contribution is -0.0985. The topological polar surface area (TPSA) is 138 Å². The Labute approximate surface area is 129 Å². The van der Waals surface area contributed by atoms with Crippen molar-refractivity contribution >= 4 is 11.0 Å². The first-order chi connectivity index (χ1) is 10.8. The Balaban J connectivity index is 2.17. The van der Waals surface area contributed by atoms with Crippen LogP contribution >= 0.6 is 0 Å². The van der Waals surface area contributed by atoms with Crippen LogP contribution in [-0.4, -0.2) is 54.3 Å². The van der Waals surface area contributed by atoms with Crippen molar-refractivity contribution in [2.24, 2.45) is 0 Å². The molecule has 0 bridgehead atoms. The average molecular weight is 323 g/mol. The van der Waals surface area contributed by atoms with E-state index in [-0.39, 0.29) is 11.2 Å². The Bertz CT molecular complexity index is 871. The second-order valence-electron chi connectivity index (χ2n) is 5.90. The summed E-state index contributed by atoms with van der Waals surface area (Å²) >= 11 is 0. The zero-order valence-electron chi connectivity index (χ0n) is 12.6. The highest BCUT2D eigenvalue weighted by Crippen LogP contribution is 2.37. The van der Waals surface area contributed by atoms with Gasteiger partial charge >= 0.3 is 5.69 Å². The van der Waals surface area contributed by atoms with E-state index >= 15 is 0 Å². The number of ether oxygens (including phenoxy) is 1. The molecule has 1 fully saturated rings. The van der Waals surface area contributed by atoms with Crippen LogP contribution in [0.1, 0.15) is 18.7 Å². The number of hydrogen-bond donors (Lipinski definition) is 4. The number of nitrogens with zero attached hydrogens (tertiary/aromatic N) is 2. The predicted octanol–water partition coefficient (Wildman–Crippen LogP) is -1.61. The third kappa shape index (κ3) is 2.38. The number of rotatable bonds is 2. The van der Waals surface area contributed by atoms with E-state index in [9.17, 15) is 24.9 Å². The van der Waals surface area contributed by atoms with Crippen molar-refractivity contribution in [1.29, 1.82) is 0 Å². The molecule has 4 atom stereocenters. The van der Waals surface area contributed by atoms with Crippen molar-refractivity contribution in [2.75, 3.05) is 6.61 Å². The highest BCUT2D eigenvalue weighted by molar-refractivity contribution is 5.73. The van der Waals surface area contributed by atoms with Gasteiger partial charge in [0, 0.05) is 17.1 Å². The summed E-state index contributed by atoms with van der Waals surface area (Å²) in [5, 5.41) is 30.1. The summed E-state index contributed by atoms with van der Waals surface area (Å²) in [6.45, 7) is 2.42. The van der Waals surface area contributed by atoms with Gasteiger partial charge in [0.15, 0.2) is 6.23 Å². The van der Waals surface area contributed by atoms with E-state index in [1.807, 2.05) is 0 Å². The fraction of sp³-hybridized carbons (Fsp3) is 0.500. The normalized spacial score (nSPS) is 30.9. The van der Waals surface area contributed by atoms with Crippen molar-refractivity contribution in [1.82, 2.24) is 14.5 Å². The van der Waals surface area contributed by atoms with Crippen molar-refractivity contribution in [2.45, 2.75) is 37.9 Å². The highest BCUT2D eigenvalue weighted by atomic mass is 16.6. The van der Waals surface area contributed by atoms with E-state index in [2.05, 4.69) is 9.97 Å². The number of fused-ring (bicyclic) bond motifs is 1. The van der Waals surface area contributed by atoms with Crippen molar-refractivity contribution in [3.05, 3.63) is 38.7 Å². The van der Waals surface area contributed by atoms with Gasteiger partial charge in [-0.3, -0.25) is 9.36 Å². The first-order valence-corrected chi connectivity index (χ1v) is 7.05. The number of aryl methyl sites for hydroxylation is 1. The first-order valence-electron chi connectivity index (χ1n) is 7.05. The number of hydrogen-bond acceptors (Lipinski definition) is 7. The first kappa shape index (κ1) is 15.8. The molecule has 0 radical (unpaired) electrons. The van der Waals surface area contributed by atoms with Crippen LogP contribution in [-0.2, 0) is 4.74 Å². The van der Waals surface area contributed by atoms with Crippen molar-refractivity contribution in [3.63, 3.8) is 0 Å². The molecule has 0 spiro atoms. The second kappa shape index (κ2) is 5.24. The highest BCUT2D eigenvalue weighted by Gasteiger charge is 2.53. The SMILES string of the molecule is Cc1cc2cn([C@@H]3O[C@H](CO)C(O)[C@@]3(C)O)c(=O)nc2[nH]c1=O. The molecule has 3 rings (SSSR count). The molecule has 2 aromatic heterocycles. The van der Waals surface area contributed by atoms with Gasteiger partial charge in [0.1, 0.15) is 23.5 Å². The average Bonchev–Trinajstić information content (AvgIpc) is 2.71. The van der Waals surface area contributed by atoms with Crippen LogP contribution in [0, 0.1) is 6.92 Å². The van der Waals surface area contributed by atoms with E-state index in [1.54, 1.807) is 13.0 Å². The zero-order chi connectivity index (χ0) is 16.9. The van der Waals surface area contributed by atoms with Gasteiger partial charge in [-0.25, -0.2) is 4.79 Å². The van der Waals surface area contributed by atoms with Crippen molar-refractivity contribution < 1.29 is 20.1 Å². The zero-order valence-corrected chi connectivity index (χ0v) is 12.6. The molecule has 9 nitrogen and oxygen atoms in total. The summed E-state index contributed by atoms with van der Waals surface area (Å²) < 4.78 is 6.45. The fourth-order valence-electron chi connectivity index (χ4n) is 2.75. The quantitative estimate of drug-likeness (QED) is 0.522. The van der Waals surface area contributed by atoms with Crippen LogP contribution < -0.4 is 11.2 Å². The Morgan fingerprint density at radius 1 is 1.48 bits per heavy atom. The van der Waals surface area contributed by atoms with Crippen LogP contribution in [0.15, 0.2) is 21.9 Å². The van der Waals surface area contributed by atoms with Gasteiger partial charge in [-0.2, -0.15) is 4.98 Å². The standard InChI is InChI=1S/C14H17N3O6/c1-6-3-7-4-17(13(21)16-10(7)15-11(6)20)12-14(2,22)9(19)8(5-18)23-12/h3-4,8-9,12,18-19,22H,5H2,1-2H3,(H,15,16,20,21)/t8-,9?,12-,14-/m1/s1. The lowest BCUT2D eigenvalue weighted by Gasteiger charge is -2.27. The monoisotopic (exact) mass is 323 g/mol. The lowest BCUT2D eigenvalue weighted by atomic mass is 9.96. The second-order valence-corrected chi connectivity index (χ2v) is 5.90. The van der Waals surface area contributed by atoms with Crippen LogP contribution in [0.2, 0.25) is 0 Å². The van der Waals surface area contributed by atoms with E-state index in [0.29, 0.717) is 10.9 Å². The molecule has 0 amide bonds. The third-order valence-electron chi connectivity index (χ3n) is 4.13.